The van der Waals surface area contributed by atoms with Crippen LogP contribution in [0.1, 0.15) is 19.3 Å². The maximum absolute atomic E-state index is 5.66. The van der Waals surface area contributed by atoms with E-state index >= 15 is 0 Å². The Hall–Kier alpha value is -1.82. The van der Waals surface area contributed by atoms with Gasteiger partial charge >= 0.3 is 0 Å². The maximum Gasteiger partial charge on any atom is 0.193 e. The highest BCUT2D eigenvalue weighted by Crippen LogP contribution is 2.20. The second-order valence-electron chi connectivity index (χ2n) is 6.14. The van der Waals surface area contributed by atoms with Gasteiger partial charge in [-0.3, -0.25) is 14.9 Å². The molecule has 126 valence electrons. The molecule has 6 heteroatoms. The molecule has 2 aliphatic heterocycles. The van der Waals surface area contributed by atoms with Gasteiger partial charge in [0.15, 0.2) is 5.96 Å². The van der Waals surface area contributed by atoms with E-state index in [0.29, 0.717) is 12.6 Å². The molecule has 0 saturated carbocycles. The summed E-state index contributed by atoms with van der Waals surface area (Å²) < 4.78 is 5.66. The van der Waals surface area contributed by atoms with Crippen molar-refractivity contribution in [2.75, 3.05) is 46.4 Å². The predicted octanol–water partition coefficient (Wildman–Crippen LogP) is 1.21. The fraction of sp³-hybridized carbons (Fsp3) is 0.647. The number of ether oxygens (including phenoxy) is 1. The Morgan fingerprint density at radius 2 is 2.26 bits per heavy atom. The number of hydrogen-bond donors (Lipinski definition) is 1. The molecule has 1 N–H and O–H groups in total. The highest BCUT2D eigenvalue weighted by molar-refractivity contribution is 5.80. The van der Waals surface area contributed by atoms with Crippen molar-refractivity contribution in [3.05, 3.63) is 24.5 Å². The fourth-order valence-electron chi connectivity index (χ4n) is 3.44. The summed E-state index contributed by atoms with van der Waals surface area (Å²) in [6, 6.07) is 4.50. The Morgan fingerprint density at radius 3 is 3.00 bits per heavy atom. The quantitative estimate of drug-likeness (QED) is 0.502. The Bertz CT molecular complexity index is 501. The zero-order valence-electron chi connectivity index (χ0n) is 13.9. The van der Waals surface area contributed by atoms with E-state index in [-0.39, 0.29) is 0 Å². The molecule has 1 unspecified atom stereocenters. The van der Waals surface area contributed by atoms with Gasteiger partial charge in [0, 0.05) is 32.4 Å². The second kappa shape index (κ2) is 8.15. The minimum atomic E-state index is 0.605. The summed E-state index contributed by atoms with van der Waals surface area (Å²) in [4.78, 5) is 13.5. The average molecular weight is 317 g/mol. The molecule has 23 heavy (non-hydrogen) atoms. The third-order valence-corrected chi connectivity index (χ3v) is 4.62. The zero-order valence-corrected chi connectivity index (χ0v) is 13.9. The van der Waals surface area contributed by atoms with Crippen molar-refractivity contribution in [3.63, 3.8) is 0 Å². The number of guanidine groups is 1. The van der Waals surface area contributed by atoms with Gasteiger partial charge < -0.3 is 15.0 Å². The summed E-state index contributed by atoms with van der Waals surface area (Å²) in [5.41, 5.74) is 0. The third-order valence-electron chi connectivity index (χ3n) is 4.62. The topological polar surface area (TPSA) is 53.0 Å². The normalized spacial score (nSPS) is 22.6. The molecule has 2 aliphatic rings. The van der Waals surface area contributed by atoms with Gasteiger partial charge in [-0.2, -0.15) is 0 Å². The van der Waals surface area contributed by atoms with E-state index in [4.69, 9.17) is 4.74 Å². The summed E-state index contributed by atoms with van der Waals surface area (Å²) in [6.07, 6.45) is 7.43. The van der Waals surface area contributed by atoms with E-state index in [0.717, 1.165) is 31.3 Å². The van der Waals surface area contributed by atoms with Gasteiger partial charge in [-0.05, 0) is 44.5 Å². The van der Waals surface area contributed by atoms with E-state index in [1.54, 1.807) is 12.4 Å². The standard InChI is InChI=1S/C17H27N5O/c1-18-17(20-8-12-23-16-5-4-7-19-13-16)22-11-6-15(14-22)21-9-2-3-10-21/h4-5,7,13,15H,2-3,6,8-12,14H2,1H3,(H,18,20). The van der Waals surface area contributed by atoms with E-state index in [1.165, 1.54) is 32.4 Å². The number of hydrogen-bond acceptors (Lipinski definition) is 4. The number of likely N-dealkylation sites (tertiary alicyclic amines) is 2. The highest BCUT2D eigenvalue weighted by atomic mass is 16.5. The minimum absolute atomic E-state index is 0.605. The summed E-state index contributed by atoms with van der Waals surface area (Å²) in [7, 11) is 1.85. The van der Waals surface area contributed by atoms with Gasteiger partial charge in [-0.25, -0.2) is 0 Å². The molecule has 1 atom stereocenters. The van der Waals surface area contributed by atoms with Crippen molar-refractivity contribution < 1.29 is 4.74 Å². The van der Waals surface area contributed by atoms with Crippen molar-refractivity contribution in [3.8, 4) is 5.75 Å². The molecule has 3 heterocycles. The first kappa shape index (κ1) is 16.1. The van der Waals surface area contributed by atoms with Crippen molar-refractivity contribution >= 4 is 5.96 Å². The van der Waals surface area contributed by atoms with Crippen LogP contribution in [0.15, 0.2) is 29.5 Å². The smallest absolute Gasteiger partial charge is 0.193 e. The van der Waals surface area contributed by atoms with E-state index < -0.39 is 0 Å². The number of aromatic nitrogens is 1. The molecule has 0 aromatic carbocycles. The van der Waals surface area contributed by atoms with Crippen LogP contribution in [0.3, 0.4) is 0 Å². The molecule has 2 fully saturated rings. The summed E-state index contributed by atoms with van der Waals surface area (Å²) in [6.45, 7) is 6.06. The first-order valence-corrected chi connectivity index (χ1v) is 8.59. The lowest BCUT2D eigenvalue weighted by molar-refractivity contribution is 0.249. The maximum atomic E-state index is 5.66. The monoisotopic (exact) mass is 317 g/mol. The number of pyridine rings is 1. The number of nitrogens with one attached hydrogen (secondary N) is 1. The number of nitrogens with zero attached hydrogens (tertiary/aromatic N) is 4. The molecule has 6 nitrogen and oxygen atoms in total. The van der Waals surface area contributed by atoms with Crippen molar-refractivity contribution in [1.82, 2.24) is 20.1 Å². The van der Waals surface area contributed by atoms with Crippen LogP contribution in [0.2, 0.25) is 0 Å². The lowest BCUT2D eigenvalue weighted by atomic mass is 10.2. The van der Waals surface area contributed by atoms with Crippen LogP contribution < -0.4 is 10.1 Å². The minimum Gasteiger partial charge on any atom is -0.490 e. The first-order valence-electron chi connectivity index (χ1n) is 8.59. The van der Waals surface area contributed by atoms with Crippen molar-refractivity contribution in [1.29, 1.82) is 0 Å². The summed E-state index contributed by atoms with van der Waals surface area (Å²) in [5.74, 6) is 1.79. The van der Waals surface area contributed by atoms with Gasteiger partial charge in [0.2, 0.25) is 0 Å². The highest BCUT2D eigenvalue weighted by Gasteiger charge is 2.30. The zero-order chi connectivity index (χ0) is 15.9. The largest absolute Gasteiger partial charge is 0.490 e. The third kappa shape index (κ3) is 4.34. The lowest BCUT2D eigenvalue weighted by Gasteiger charge is -2.25. The van der Waals surface area contributed by atoms with Crippen LogP contribution in [0.25, 0.3) is 0 Å². The number of aliphatic imine (C=N–C) groups is 1. The Labute approximate surface area is 138 Å². The summed E-state index contributed by atoms with van der Waals surface area (Å²) >= 11 is 0. The van der Waals surface area contributed by atoms with Gasteiger partial charge in [0.25, 0.3) is 0 Å². The predicted molar refractivity (Wildman–Crippen MR) is 91.9 cm³/mol. The van der Waals surface area contributed by atoms with Gasteiger partial charge in [0.05, 0.1) is 12.7 Å². The molecule has 0 spiro atoms. The molecule has 0 radical (unpaired) electrons. The van der Waals surface area contributed by atoms with Gasteiger partial charge in [-0.1, -0.05) is 0 Å². The average Bonchev–Trinajstić information content (AvgIpc) is 3.27. The molecular weight excluding hydrogens is 290 g/mol. The Balaban J connectivity index is 1.40. The molecule has 2 saturated heterocycles. The van der Waals surface area contributed by atoms with Crippen LogP contribution in [0, 0.1) is 0 Å². The van der Waals surface area contributed by atoms with Crippen LogP contribution in [-0.2, 0) is 0 Å². The Kier molecular flexibility index (Phi) is 5.69. The molecule has 3 rings (SSSR count). The van der Waals surface area contributed by atoms with Crippen molar-refractivity contribution in [2.45, 2.75) is 25.3 Å². The van der Waals surface area contributed by atoms with Gasteiger partial charge in [-0.15, -0.1) is 0 Å². The molecular formula is C17H27N5O. The Morgan fingerprint density at radius 1 is 1.39 bits per heavy atom. The van der Waals surface area contributed by atoms with Crippen LogP contribution in [0.4, 0.5) is 0 Å². The SMILES string of the molecule is CN=C(NCCOc1cccnc1)N1CCC(N2CCCC2)C1. The number of rotatable bonds is 5. The molecule has 1 aromatic heterocycles. The van der Waals surface area contributed by atoms with E-state index in [2.05, 4.69) is 25.1 Å². The fourth-order valence-corrected chi connectivity index (χ4v) is 3.44. The van der Waals surface area contributed by atoms with Crippen molar-refractivity contribution in [2.24, 2.45) is 4.99 Å². The van der Waals surface area contributed by atoms with E-state index in [1.807, 2.05) is 19.2 Å². The molecule has 0 amide bonds. The first-order chi connectivity index (χ1) is 11.4. The second-order valence-corrected chi connectivity index (χ2v) is 6.14. The van der Waals surface area contributed by atoms with Crippen LogP contribution in [-0.4, -0.2) is 73.2 Å². The van der Waals surface area contributed by atoms with E-state index in [9.17, 15) is 0 Å². The molecule has 0 aliphatic carbocycles. The van der Waals surface area contributed by atoms with Crippen LogP contribution in [0.5, 0.6) is 5.75 Å². The lowest BCUT2D eigenvalue weighted by Crippen LogP contribution is -2.43. The van der Waals surface area contributed by atoms with Gasteiger partial charge in [0.1, 0.15) is 12.4 Å². The van der Waals surface area contributed by atoms with Crippen LogP contribution >= 0.6 is 0 Å². The molecule has 1 aromatic rings. The molecule has 0 bridgehead atoms. The summed E-state index contributed by atoms with van der Waals surface area (Å²) in [5, 5.41) is 3.40.